The number of anilines is 1. The molecule has 2 aliphatic rings. The third-order valence-corrected chi connectivity index (χ3v) is 5.64. The van der Waals surface area contributed by atoms with Gasteiger partial charge in [-0.1, -0.05) is 6.92 Å². The maximum Gasteiger partial charge on any atom is 0.251 e. The van der Waals surface area contributed by atoms with Crippen LogP contribution in [0.4, 0.5) is 5.69 Å². The molecule has 2 saturated heterocycles. The minimum atomic E-state index is 0.0509. The second-order valence-electron chi connectivity index (χ2n) is 7.71. The highest BCUT2D eigenvalue weighted by Crippen LogP contribution is 2.19. The van der Waals surface area contributed by atoms with E-state index >= 15 is 0 Å². The summed E-state index contributed by atoms with van der Waals surface area (Å²) in [5.41, 5.74) is 1.98. The first kappa shape index (κ1) is 18.2. The smallest absolute Gasteiger partial charge is 0.251 e. The van der Waals surface area contributed by atoms with Gasteiger partial charge in [0.1, 0.15) is 0 Å². The van der Waals surface area contributed by atoms with Crippen molar-refractivity contribution in [3.63, 3.8) is 0 Å². The minimum absolute atomic E-state index is 0.0509. The van der Waals surface area contributed by atoms with Gasteiger partial charge in [0.25, 0.3) is 5.91 Å². The molecule has 2 atom stereocenters. The Hall–Kier alpha value is -1.59. The molecule has 2 aliphatic heterocycles. The van der Waals surface area contributed by atoms with Gasteiger partial charge in [-0.15, -0.1) is 0 Å². The fraction of sp³-hybridized carbons (Fsp3) is 0.650. The summed E-state index contributed by atoms with van der Waals surface area (Å²) in [5, 5.41) is 6.57. The molecule has 0 aliphatic carbocycles. The first-order chi connectivity index (χ1) is 12.0. The lowest BCUT2D eigenvalue weighted by Gasteiger charge is -2.38. The summed E-state index contributed by atoms with van der Waals surface area (Å²) in [6.07, 6.45) is 1.01. The second-order valence-corrected chi connectivity index (χ2v) is 7.71. The summed E-state index contributed by atoms with van der Waals surface area (Å²) in [6, 6.07) is 9.00. The van der Waals surface area contributed by atoms with Gasteiger partial charge in [-0.2, -0.15) is 0 Å². The Bertz CT molecular complexity index is 564. The number of nitrogens with zero attached hydrogens (tertiary/aromatic N) is 2. The van der Waals surface area contributed by atoms with E-state index in [-0.39, 0.29) is 11.9 Å². The lowest BCUT2D eigenvalue weighted by molar-refractivity contribution is 0.0914. The Morgan fingerprint density at radius 2 is 1.84 bits per heavy atom. The van der Waals surface area contributed by atoms with Gasteiger partial charge in [0.05, 0.1) is 0 Å². The van der Waals surface area contributed by atoms with E-state index in [0.29, 0.717) is 12.0 Å². The molecule has 5 nitrogen and oxygen atoms in total. The van der Waals surface area contributed by atoms with E-state index in [2.05, 4.69) is 53.3 Å². The normalized spacial score (nSPS) is 25.2. The predicted molar refractivity (Wildman–Crippen MR) is 103 cm³/mol. The zero-order valence-electron chi connectivity index (χ0n) is 15.8. The Morgan fingerprint density at radius 1 is 1.16 bits per heavy atom. The van der Waals surface area contributed by atoms with Crippen LogP contribution < -0.4 is 15.5 Å². The van der Waals surface area contributed by atoms with Crippen LogP contribution in [0.5, 0.6) is 0 Å². The fourth-order valence-corrected chi connectivity index (χ4v) is 3.80. The molecule has 3 rings (SSSR count). The van der Waals surface area contributed by atoms with Gasteiger partial charge in [-0.05, 0) is 63.5 Å². The van der Waals surface area contributed by atoms with Gasteiger partial charge >= 0.3 is 0 Å². The number of piperidine rings is 1. The van der Waals surface area contributed by atoms with Crippen molar-refractivity contribution in [3.8, 4) is 0 Å². The van der Waals surface area contributed by atoms with Crippen molar-refractivity contribution in [1.29, 1.82) is 0 Å². The number of benzene rings is 1. The van der Waals surface area contributed by atoms with Crippen molar-refractivity contribution in [3.05, 3.63) is 29.8 Å². The van der Waals surface area contributed by atoms with Crippen LogP contribution >= 0.6 is 0 Å². The van der Waals surface area contributed by atoms with E-state index in [9.17, 15) is 4.79 Å². The average molecular weight is 345 g/mol. The Labute approximate surface area is 151 Å². The van der Waals surface area contributed by atoms with Crippen molar-refractivity contribution < 1.29 is 4.79 Å². The summed E-state index contributed by atoms with van der Waals surface area (Å²) in [4.78, 5) is 17.4. The molecule has 5 heteroatoms. The summed E-state index contributed by atoms with van der Waals surface area (Å²) in [6.45, 7) is 13.0. The van der Waals surface area contributed by atoms with E-state index in [1.54, 1.807) is 0 Å². The Kier molecular flexibility index (Phi) is 5.97. The summed E-state index contributed by atoms with van der Waals surface area (Å²) in [5.74, 6) is 0.532. The molecule has 1 amide bonds. The molecule has 138 valence electrons. The number of carbonyl (C=O) groups is 1. The van der Waals surface area contributed by atoms with E-state index in [4.69, 9.17) is 0 Å². The molecule has 0 saturated carbocycles. The molecular formula is C20H32N4O. The van der Waals surface area contributed by atoms with Crippen molar-refractivity contribution in [2.24, 2.45) is 5.92 Å². The van der Waals surface area contributed by atoms with Gasteiger partial charge in [-0.3, -0.25) is 9.69 Å². The number of carbonyl (C=O) groups excluding carboxylic acids is 1. The van der Waals surface area contributed by atoms with Gasteiger partial charge in [-0.25, -0.2) is 0 Å². The van der Waals surface area contributed by atoms with Gasteiger partial charge < -0.3 is 15.5 Å². The van der Waals surface area contributed by atoms with Crippen molar-refractivity contribution in [2.75, 3.05) is 44.2 Å². The largest absolute Gasteiger partial charge is 0.369 e. The third kappa shape index (κ3) is 4.53. The van der Waals surface area contributed by atoms with Crippen molar-refractivity contribution in [2.45, 2.75) is 39.3 Å². The van der Waals surface area contributed by atoms with Crippen LogP contribution in [0, 0.1) is 5.92 Å². The lowest BCUT2D eigenvalue weighted by atomic mass is 9.95. The SMILES string of the molecule is CC1CNCCC1NC(=O)c1ccc(N2CCN(C(C)C)CC2)cc1. The second kappa shape index (κ2) is 8.19. The standard InChI is InChI=1S/C20H32N4O/c1-15(2)23-10-12-24(13-11-23)18-6-4-17(5-7-18)20(25)22-19-8-9-21-14-16(19)3/h4-7,15-16,19,21H,8-14H2,1-3H3,(H,22,25). The summed E-state index contributed by atoms with van der Waals surface area (Å²) >= 11 is 0. The molecule has 1 aromatic carbocycles. The summed E-state index contributed by atoms with van der Waals surface area (Å²) < 4.78 is 0. The molecule has 0 radical (unpaired) electrons. The van der Waals surface area contributed by atoms with Crippen LogP contribution in [0.1, 0.15) is 37.6 Å². The van der Waals surface area contributed by atoms with Crippen molar-refractivity contribution >= 4 is 11.6 Å². The van der Waals surface area contributed by atoms with Crippen LogP contribution in [0.15, 0.2) is 24.3 Å². The number of amides is 1. The van der Waals surface area contributed by atoms with Crippen LogP contribution in [0.3, 0.4) is 0 Å². The molecular weight excluding hydrogens is 312 g/mol. The number of rotatable bonds is 4. The van der Waals surface area contributed by atoms with E-state index < -0.39 is 0 Å². The first-order valence-electron chi connectivity index (χ1n) is 9.65. The predicted octanol–water partition coefficient (Wildman–Crippen LogP) is 1.94. The zero-order chi connectivity index (χ0) is 17.8. The van der Waals surface area contributed by atoms with E-state index in [1.807, 2.05) is 12.1 Å². The molecule has 2 N–H and O–H groups in total. The first-order valence-corrected chi connectivity index (χ1v) is 9.65. The van der Waals surface area contributed by atoms with Crippen LogP contribution in [0.2, 0.25) is 0 Å². The molecule has 2 unspecified atom stereocenters. The number of piperazine rings is 1. The van der Waals surface area contributed by atoms with Crippen molar-refractivity contribution in [1.82, 2.24) is 15.5 Å². The highest BCUT2D eigenvalue weighted by atomic mass is 16.1. The molecule has 0 aromatic heterocycles. The quantitative estimate of drug-likeness (QED) is 0.876. The molecule has 2 heterocycles. The highest BCUT2D eigenvalue weighted by molar-refractivity contribution is 5.94. The third-order valence-electron chi connectivity index (χ3n) is 5.64. The van der Waals surface area contributed by atoms with Gasteiger partial charge in [0, 0.05) is 49.5 Å². The molecule has 0 spiro atoms. The van der Waals surface area contributed by atoms with Crippen LogP contribution in [-0.2, 0) is 0 Å². The molecule has 1 aromatic rings. The summed E-state index contributed by atoms with van der Waals surface area (Å²) in [7, 11) is 0. The number of hydrogen-bond acceptors (Lipinski definition) is 4. The zero-order valence-corrected chi connectivity index (χ0v) is 15.8. The Balaban J connectivity index is 1.56. The monoisotopic (exact) mass is 344 g/mol. The van der Waals surface area contributed by atoms with Crippen LogP contribution in [0.25, 0.3) is 0 Å². The number of nitrogens with one attached hydrogen (secondary N) is 2. The van der Waals surface area contributed by atoms with Crippen LogP contribution in [-0.4, -0.2) is 62.2 Å². The number of hydrogen-bond donors (Lipinski definition) is 2. The lowest BCUT2D eigenvalue weighted by Crippen LogP contribution is -2.49. The van der Waals surface area contributed by atoms with E-state index in [0.717, 1.165) is 51.3 Å². The maximum atomic E-state index is 12.5. The van der Waals surface area contributed by atoms with Gasteiger partial charge in [0.15, 0.2) is 0 Å². The minimum Gasteiger partial charge on any atom is -0.369 e. The van der Waals surface area contributed by atoms with E-state index in [1.165, 1.54) is 5.69 Å². The fourth-order valence-electron chi connectivity index (χ4n) is 3.80. The maximum absolute atomic E-state index is 12.5. The average Bonchev–Trinajstić information content (AvgIpc) is 2.64. The molecule has 2 fully saturated rings. The Morgan fingerprint density at radius 3 is 2.44 bits per heavy atom. The highest BCUT2D eigenvalue weighted by Gasteiger charge is 2.23. The molecule has 0 bridgehead atoms. The molecule has 25 heavy (non-hydrogen) atoms. The van der Waals surface area contributed by atoms with Gasteiger partial charge in [0.2, 0.25) is 0 Å². The topological polar surface area (TPSA) is 47.6 Å².